The molecule has 25 nitrogen and oxygen atoms in total. The molecule has 5 fully saturated rings. The molecule has 17 N–H and O–H groups in total. The molecule has 0 aliphatic carbocycles. The fourth-order valence-electron chi connectivity index (χ4n) is 15.0. The Morgan fingerprint density at radius 2 is 0.664 bits per heavy atom. The van der Waals surface area contributed by atoms with E-state index in [1.54, 1.807) is 0 Å². The van der Waals surface area contributed by atoms with Gasteiger partial charge in [0, 0.05) is 64.3 Å². The second kappa shape index (κ2) is 33.0. The summed E-state index contributed by atoms with van der Waals surface area (Å²) in [5.74, 6) is -44.9. The van der Waals surface area contributed by atoms with E-state index in [0.717, 1.165) is 0 Å². The molecule has 5 aromatic rings. The fraction of sp³-hybridized carbons (Fsp3) is 0.423. The molecule has 0 amide bonds. The quantitative estimate of drug-likeness (QED) is 0.0498. The Kier molecular flexibility index (Phi) is 24.4. The summed E-state index contributed by atoms with van der Waals surface area (Å²) in [5, 5.41) is 167. The van der Waals surface area contributed by atoms with E-state index in [0.29, 0.717) is 36.4 Å². The number of hydrogen-bond donors (Lipinski definition) is 17. The highest BCUT2D eigenvalue weighted by molar-refractivity contribution is 8.00. The summed E-state index contributed by atoms with van der Waals surface area (Å²) < 4.78 is 303. The van der Waals surface area contributed by atoms with E-state index in [2.05, 4.69) is 20.0 Å². The number of fused-ring (bicyclic) bond motifs is 8. The lowest BCUT2D eigenvalue weighted by Gasteiger charge is -2.39. The molecule has 0 saturated carbocycles. The zero-order valence-corrected chi connectivity index (χ0v) is 61.5. The summed E-state index contributed by atoms with van der Waals surface area (Å²) in [4.78, 5) is 10.3. The minimum absolute atomic E-state index is 0.346. The lowest BCUT2D eigenvalue weighted by molar-refractivity contribution is -0.205. The predicted octanol–water partition coefficient (Wildman–Crippen LogP) is 3.19. The number of rotatable bonds is 16. The van der Waals surface area contributed by atoms with Gasteiger partial charge in [-0.25, -0.2) is 75.2 Å². The molecule has 1 aromatic heterocycles. The van der Waals surface area contributed by atoms with E-state index in [1.807, 2.05) is 0 Å². The molecule has 14 rings (SSSR count). The number of aliphatic imine (C=N–C) groups is 3. The Morgan fingerprint density at radius 3 is 1.00 bits per heavy atom. The standard InChI is InChI=1S/C71H61F16N5O20S4/c1-92-8-14-15(9-92)51-29(33-40(78)48(86)67(49(87)41(33)79)116-71-63(108)59(104)55(100)25(13-96)112-71)21-7-5-19(90-21)27(31-36(74)44(82)65(45(83)37(31)75)114-69-61(106)57(102)53(98)23(11-94)110-69)17-3-2-16(88-17)26(30-34(72)42(80)64(43(81)35(30)73)113-68-60(105)56(101)52(97)22(10-93)109-68)18-4-6-20(89-18)28(50(14)91-51)32-38(76)46(84)66(47(85)39(32)77)115-70-62(107)58(103)54(99)24(12-95)111-70/h2-7,14-15,22-25,28,52-63,68-71,88,93-108H,8-13H2,1H3/b26-18-,27-19-,51-29-/t14?,15?,22-,23-,24-,25-,28?,52-,53-,54-,55-,56+,57+,58+,59+,60-,61-,62-,63-,68+,69+,70+,71+/m1/s1. The first-order valence-electron chi connectivity index (χ1n) is 34.5. The summed E-state index contributed by atoms with van der Waals surface area (Å²) >= 11 is -1.42. The van der Waals surface area contributed by atoms with Gasteiger partial charge in [-0.3, -0.25) is 9.98 Å². The van der Waals surface area contributed by atoms with Gasteiger partial charge in [0.1, 0.15) is 119 Å². The molecule has 8 bridgehead atoms. The van der Waals surface area contributed by atoms with E-state index in [4.69, 9.17) is 18.9 Å². The van der Waals surface area contributed by atoms with Crippen molar-refractivity contribution in [2.75, 3.05) is 46.6 Å². The first-order chi connectivity index (χ1) is 54.9. The number of nitrogens with one attached hydrogen (secondary N) is 1. The fourth-order valence-corrected chi connectivity index (χ4v) is 19.4. The van der Waals surface area contributed by atoms with Crippen LogP contribution in [0.25, 0.3) is 16.7 Å². The molecule has 45 heteroatoms. The van der Waals surface area contributed by atoms with Crippen LogP contribution < -0.4 is 0 Å². The molecule has 23 atom stereocenters. The van der Waals surface area contributed by atoms with E-state index in [1.165, 1.54) is 11.9 Å². The van der Waals surface area contributed by atoms with Crippen molar-refractivity contribution in [2.45, 2.75) is 145 Å². The smallest absolute Gasteiger partial charge is 0.176 e. The van der Waals surface area contributed by atoms with Gasteiger partial charge in [0.2, 0.25) is 0 Å². The zero-order chi connectivity index (χ0) is 84.0. The van der Waals surface area contributed by atoms with Gasteiger partial charge in [-0.15, -0.1) is 0 Å². The van der Waals surface area contributed by atoms with E-state index in [-0.39, 0.29) is 47.0 Å². The molecular weight excluding hydrogens is 1680 g/mol. The van der Waals surface area contributed by atoms with Crippen molar-refractivity contribution in [3.8, 4) is 0 Å². The summed E-state index contributed by atoms with van der Waals surface area (Å²) in [6.45, 7) is -5.56. The van der Waals surface area contributed by atoms with Crippen molar-refractivity contribution >= 4 is 80.9 Å². The van der Waals surface area contributed by atoms with Crippen molar-refractivity contribution in [2.24, 2.45) is 26.8 Å². The largest absolute Gasteiger partial charge is 0.394 e. The SMILES string of the molecule is CN1CC2C3=N/C(=C(\c4c(F)c(F)c(S[C@@H]5O[C@H](CO)[C@@H](O)[C@H](O)[C@H]5O)c(F)c4F)C4=N/C(=C(\c5c(F)c(F)c(S[C@@H]6O[C@H](CO)[C@@H](O)[C@H](O)[C@H]6O)c(F)c5F)c5ccc([nH]5)/C(c5c(F)c(F)c(S[C@@H]6O[C@H](CO)[C@@H](O)[C@H](O)[C@H]6O)c(F)c5F)=C5\C=CC(=N5)C3c3c(F)c(F)c(S[C@@H]5O[C@H](CO)[C@@H](O)[C@H](O)[C@H]5O)c(F)c3F)C=C4)C2C1. The molecule has 0 radical (unpaired) electrons. The number of aromatic nitrogens is 1. The Balaban J connectivity index is 1.06. The summed E-state index contributed by atoms with van der Waals surface area (Å²) in [7, 11) is 1.32. The van der Waals surface area contributed by atoms with Crippen LogP contribution in [0.1, 0.15) is 39.6 Å². The number of H-pyrrole nitrogens is 1. The van der Waals surface area contributed by atoms with Gasteiger partial charge in [0.05, 0.1) is 97.1 Å². The Bertz CT molecular complexity index is 4980. The van der Waals surface area contributed by atoms with Gasteiger partial charge < -0.3 is 111 Å². The molecular formula is C71H61F16N5O20S4. The molecule has 0 spiro atoms. The summed E-state index contributed by atoms with van der Waals surface area (Å²) in [6.07, 6.45) is -31.5. The van der Waals surface area contributed by atoms with Crippen LogP contribution in [0.4, 0.5) is 70.2 Å². The number of thioether (sulfide) groups is 4. The van der Waals surface area contributed by atoms with Crippen molar-refractivity contribution in [1.29, 1.82) is 0 Å². The first kappa shape index (κ1) is 85.7. The topological polar surface area (TPSA) is 417 Å². The lowest BCUT2D eigenvalue weighted by atomic mass is 9.79. The van der Waals surface area contributed by atoms with Crippen LogP contribution in [0.3, 0.4) is 0 Å². The van der Waals surface area contributed by atoms with Crippen LogP contribution in [-0.2, 0) is 18.9 Å². The monoisotopic (exact) mass is 1740 g/mol. The zero-order valence-electron chi connectivity index (χ0n) is 58.2. The number of nitrogens with zero attached hydrogens (tertiary/aromatic N) is 4. The number of likely N-dealkylation sites (tertiary alicyclic amines) is 1. The number of aromatic amines is 1. The molecule has 9 aliphatic heterocycles. The Hall–Kier alpha value is -6.69. The minimum atomic E-state index is -2.70. The molecule has 10 heterocycles. The lowest BCUT2D eigenvalue weighted by Crippen LogP contribution is -2.57. The van der Waals surface area contributed by atoms with Gasteiger partial charge in [-0.1, -0.05) is 47.0 Å². The average Bonchev–Trinajstić information content (AvgIpc) is 1.54. The number of halogens is 16. The second-order valence-electron chi connectivity index (χ2n) is 27.8. The Morgan fingerprint density at radius 1 is 0.362 bits per heavy atom. The number of benzene rings is 4. The van der Waals surface area contributed by atoms with Gasteiger partial charge in [0.15, 0.2) is 93.1 Å². The number of aliphatic hydroxyl groups is 16. The van der Waals surface area contributed by atoms with Gasteiger partial charge in [-0.2, -0.15) is 0 Å². The van der Waals surface area contributed by atoms with E-state index >= 15 is 70.2 Å². The minimum Gasteiger partial charge on any atom is -0.394 e. The Labute approximate surface area is 657 Å². The van der Waals surface area contributed by atoms with Crippen LogP contribution in [0.15, 0.2) is 88.1 Å². The highest BCUT2D eigenvalue weighted by Gasteiger charge is 2.54. The molecule has 3 unspecified atom stereocenters. The highest BCUT2D eigenvalue weighted by atomic mass is 32.2. The maximum absolute atomic E-state index is 18.0. The van der Waals surface area contributed by atoms with Gasteiger partial charge in [-0.05, 0) is 43.5 Å². The van der Waals surface area contributed by atoms with Gasteiger partial charge >= 0.3 is 0 Å². The third kappa shape index (κ3) is 14.2. The van der Waals surface area contributed by atoms with E-state index in [9.17, 15) is 81.7 Å². The predicted molar refractivity (Wildman–Crippen MR) is 371 cm³/mol. The van der Waals surface area contributed by atoms with Crippen LogP contribution >= 0.6 is 47.0 Å². The number of allylic oxidation sites excluding steroid dienone is 5. The summed E-state index contributed by atoms with van der Waals surface area (Å²) in [6, 6.07) is 1.28. The normalized spacial score (nSPS) is 34.7. The number of aliphatic hydroxyl groups excluding tert-OH is 16. The summed E-state index contributed by atoms with van der Waals surface area (Å²) in [5.41, 5.74) is -28.2. The average molecular weight is 1740 g/mol. The third-order valence-corrected chi connectivity index (χ3v) is 25.8. The van der Waals surface area contributed by atoms with Crippen molar-refractivity contribution < 1.29 is 171 Å². The van der Waals surface area contributed by atoms with Crippen molar-refractivity contribution in [3.63, 3.8) is 0 Å². The number of hydrogen-bond acceptors (Lipinski definition) is 28. The number of ether oxygens (including phenoxy) is 4. The van der Waals surface area contributed by atoms with Crippen LogP contribution in [-0.4, -0.2) is 275 Å². The molecule has 116 heavy (non-hydrogen) atoms. The van der Waals surface area contributed by atoms with Crippen LogP contribution in [0.2, 0.25) is 0 Å². The maximum atomic E-state index is 18.0. The van der Waals surface area contributed by atoms with Crippen molar-refractivity contribution in [1.82, 2.24) is 9.88 Å². The third-order valence-electron chi connectivity index (χ3n) is 20.9. The molecule has 4 aromatic carbocycles. The highest BCUT2D eigenvalue weighted by Crippen LogP contribution is 2.53. The maximum Gasteiger partial charge on any atom is 0.176 e. The van der Waals surface area contributed by atoms with Gasteiger partial charge in [0.25, 0.3) is 0 Å². The van der Waals surface area contributed by atoms with Crippen LogP contribution in [0.5, 0.6) is 0 Å². The van der Waals surface area contributed by atoms with Crippen molar-refractivity contribution in [3.05, 3.63) is 180 Å². The molecule has 5 saturated heterocycles. The molecule has 9 aliphatic rings. The molecule has 626 valence electrons. The van der Waals surface area contributed by atoms with Crippen LogP contribution in [0, 0.1) is 105 Å². The first-order valence-corrected chi connectivity index (χ1v) is 38.0. The van der Waals surface area contributed by atoms with E-state index < -0.39 is 374 Å². The second-order valence-corrected chi connectivity index (χ2v) is 32.2.